The number of hydrogen-bond acceptors (Lipinski definition) is 4. The zero-order valence-corrected chi connectivity index (χ0v) is 7.71. The number of aromatic nitrogens is 2. The van der Waals surface area contributed by atoms with E-state index < -0.39 is 0 Å². The fourth-order valence-corrected chi connectivity index (χ4v) is 1.56. The molecule has 1 aliphatic rings. The SMILES string of the molecule is CC(S)c1nncc2c1COC2. The Bertz CT molecular complexity index is 301. The highest BCUT2D eigenvalue weighted by Gasteiger charge is 2.18. The molecular formula is C8H10N2OS. The van der Waals surface area contributed by atoms with Crippen molar-refractivity contribution >= 4 is 12.6 Å². The lowest BCUT2D eigenvalue weighted by Crippen LogP contribution is -2.00. The van der Waals surface area contributed by atoms with Gasteiger partial charge in [-0.15, -0.1) is 0 Å². The Hall–Kier alpha value is -0.610. The molecule has 0 radical (unpaired) electrons. The smallest absolute Gasteiger partial charge is 0.0814 e. The van der Waals surface area contributed by atoms with E-state index in [0.717, 1.165) is 11.3 Å². The molecule has 2 heterocycles. The number of nitrogens with zero attached hydrogens (tertiary/aromatic N) is 2. The fraction of sp³-hybridized carbons (Fsp3) is 0.500. The Morgan fingerprint density at radius 1 is 1.58 bits per heavy atom. The van der Waals surface area contributed by atoms with Crippen molar-refractivity contribution < 1.29 is 4.74 Å². The van der Waals surface area contributed by atoms with Crippen molar-refractivity contribution in [2.24, 2.45) is 0 Å². The summed E-state index contributed by atoms with van der Waals surface area (Å²) in [5, 5.41) is 8.08. The zero-order valence-electron chi connectivity index (χ0n) is 6.82. The molecule has 0 spiro atoms. The highest BCUT2D eigenvalue weighted by Crippen LogP contribution is 2.27. The molecule has 64 valence electrons. The average Bonchev–Trinajstić information content (AvgIpc) is 2.49. The van der Waals surface area contributed by atoms with Crippen molar-refractivity contribution in [1.29, 1.82) is 0 Å². The zero-order chi connectivity index (χ0) is 8.55. The molecule has 0 saturated heterocycles. The first-order valence-electron chi connectivity index (χ1n) is 3.88. The van der Waals surface area contributed by atoms with Crippen LogP contribution in [0, 0.1) is 0 Å². The van der Waals surface area contributed by atoms with Crippen LogP contribution in [0.5, 0.6) is 0 Å². The highest BCUT2D eigenvalue weighted by atomic mass is 32.1. The molecule has 0 aromatic carbocycles. The highest BCUT2D eigenvalue weighted by molar-refractivity contribution is 7.80. The number of hydrogen-bond donors (Lipinski definition) is 1. The van der Waals surface area contributed by atoms with Gasteiger partial charge in [0, 0.05) is 16.4 Å². The van der Waals surface area contributed by atoms with Gasteiger partial charge in [-0.1, -0.05) is 0 Å². The Labute approximate surface area is 76.6 Å². The molecular weight excluding hydrogens is 172 g/mol. The van der Waals surface area contributed by atoms with Gasteiger partial charge in [0.1, 0.15) is 0 Å². The third kappa shape index (κ3) is 1.21. The summed E-state index contributed by atoms with van der Waals surface area (Å²) < 4.78 is 5.29. The minimum absolute atomic E-state index is 0.133. The van der Waals surface area contributed by atoms with Gasteiger partial charge in [0.15, 0.2) is 0 Å². The van der Waals surface area contributed by atoms with Gasteiger partial charge in [-0.05, 0) is 6.92 Å². The first kappa shape index (κ1) is 8.01. The van der Waals surface area contributed by atoms with Crippen LogP contribution in [0.15, 0.2) is 6.20 Å². The van der Waals surface area contributed by atoms with Crippen molar-refractivity contribution in [3.63, 3.8) is 0 Å². The predicted octanol–water partition coefficient (Wildman–Crippen LogP) is 1.50. The molecule has 0 amide bonds. The molecule has 1 unspecified atom stereocenters. The van der Waals surface area contributed by atoms with Crippen molar-refractivity contribution in [1.82, 2.24) is 10.2 Å². The van der Waals surface area contributed by atoms with Crippen LogP contribution in [0.4, 0.5) is 0 Å². The first-order valence-corrected chi connectivity index (χ1v) is 4.40. The van der Waals surface area contributed by atoms with Gasteiger partial charge in [0.05, 0.1) is 25.1 Å². The predicted molar refractivity (Wildman–Crippen MR) is 47.9 cm³/mol. The molecule has 0 saturated carbocycles. The van der Waals surface area contributed by atoms with Crippen LogP contribution in [-0.2, 0) is 18.0 Å². The maximum Gasteiger partial charge on any atom is 0.0814 e. The van der Waals surface area contributed by atoms with E-state index in [2.05, 4.69) is 22.8 Å². The summed E-state index contributed by atoms with van der Waals surface area (Å²) in [5.41, 5.74) is 3.28. The third-order valence-electron chi connectivity index (χ3n) is 1.98. The van der Waals surface area contributed by atoms with Gasteiger partial charge in [-0.3, -0.25) is 0 Å². The standard InChI is InChI=1S/C8H10N2OS/c1-5(12)8-7-4-11-3-6(7)2-9-10-8/h2,5,12H,3-4H2,1H3. The largest absolute Gasteiger partial charge is 0.372 e. The van der Waals surface area contributed by atoms with E-state index in [0.29, 0.717) is 13.2 Å². The van der Waals surface area contributed by atoms with Crippen LogP contribution in [0.25, 0.3) is 0 Å². The van der Waals surface area contributed by atoms with E-state index in [-0.39, 0.29) is 5.25 Å². The second kappa shape index (κ2) is 3.03. The van der Waals surface area contributed by atoms with Crippen molar-refractivity contribution in [2.45, 2.75) is 25.4 Å². The molecule has 1 atom stereocenters. The minimum Gasteiger partial charge on any atom is -0.372 e. The van der Waals surface area contributed by atoms with Gasteiger partial charge >= 0.3 is 0 Å². The van der Waals surface area contributed by atoms with E-state index >= 15 is 0 Å². The van der Waals surface area contributed by atoms with Gasteiger partial charge in [-0.25, -0.2) is 0 Å². The number of fused-ring (bicyclic) bond motifs is 1. The van der Waals surface area contributed by atoms with Gasteiger partial charge < -0.3 is 4.74 Å². The topological polar surface area (TPSA) is 35.0 Å². The molecule has 4 heteroatoms. The first-order chi connectivity index (χ1) is 5.79. The van der Waals surface area contributed by atoms with Gasteiger partial charge in [0.2, 0.25) is 0 Å². The molecule has 0 N–H and O–H groups in total. The summed E-state index contributed by atoms with van der Waals surface area (Å²) in [6, 6.07) is 0. The van der Waals surface area contributed by atoms with Crippen LogP contribution in [0.2, 0.25) is 0 Å². The molecule has 1 aromatic heterocycles. The lowest BCUT2D eigenvalue weighted by molar-refractivity contribution is 0.134. The minimum atomic E-state index is 0.133. The third-order valence-corrected chi connectivity index (χ3v) is 2.22. The summed E-state index contributed by atoms with van der Waals surface area (Å²) >= 11 is 4.33. The Balaban J connectivity index is 2.49. The quantitative estimate of drug-likeness (QED) is 0.668. The molecule has 1 aromatic rings. The van der Waals surface area contributed by atoms with Gasteiger partial charge in [-0.2, -0.15) is 22.8 Å². The Morgan fingerprint density at radius 2 is 2.42 bits per heavy atom. The van der Waals surface area contributed by atoms with E-state index in [1.165, 1.54) is 5.56 Å². The molecule has 0 fully saturated rings. The van der Waals surface area contributed by atoms with Crippen LogP contribution >= 0.6 is 12.6 Å². The second-order valence-electron chi connectivity index (χ2n) is 2.90. The van der Waals surface area contributed by atoms with Crippen molar-refractivity contribution in [3.05, 3.63) is 23.0 Å². The molecule has 0 aliphatic carbocycles. The van der Waals surface area contributed by atoms with Crippen molar-refractivity contribution in [3.8, 4) is 0 Å². The van der Waals surface area contributed by atoms with Crippen LogP contribution in [-0.4, -0.2) is 10.2 Å². The van der Waals surface area contributed by atoms with E-state index in [4.69, 9.17) is 4.74 Å². The number of ether oxygens (including phenoxy) is 1. The Morgan fingerprint density at radius 3 is 3.17 bits per heavy atom. The monoisotopic (exact) mass is 182 g/mol. The Kier molecular flexibility index (Phi) is 2.02. The maximum atomic E-state index is 5.29. The van der Waals surface area contributed by atoms with Gasteiger partial charge in [0.25, 0.3) is 0 Å². The molecule has 12 heavy (non-hydrogen) atoms. The van der Waals surface area contributed by atoms with Crippen LogP contribution in [0.3, 0.4) is 0 Å². The van der Waals surface area contributed by atoms with E-state index in [1.807, 2.05) is 6.92 Å². The van der Waals surface area contributed by atoms with Crippen molar-refractivity contribution in [2.75, 3.05) is 0 Å². The maximum absolute atomic E-state index is 5.29. The number of thiol groups is 1. The fourth-order valence-electron chi connectivity index (χ4n) is 1.35. The van der Waals surface area contributed by atoms with E-state index in [1.54, 1.807) is 6.20 Å². The number of rotatable bonds is 1. The van der Waals surface area contributed by atoms with Crippen LogP contribution < -0.4 is 0 Å². The summed E-state index contributed by atoms with van der Waals surface area (Å²) in [6.07, 6.45) is 1.77. The molecule has 3 nitrogen and oxygen atoms in total. The normalized spacial score (nSPS) is 17.5. The summed E-state index contributed by atoms with van der Waals surface area (Å²) in [6.45, 7) is 3.31. The van der Waals surface area contributed by atoms with E-state index in [9.17, 15) is 0 Å². The summed E-state index contributed by atoms with van der Waals surface area (Å²) in [5.74, 6) is 0. The lowest BCUT2D eigenvalue weighted by Gasteiger charge is -2.06. The second-order valence-corrected chi connectivity index (χ2v) is 3.68. The van der Waals surface area contributed by atoms with Crippen LogP contribution in [0.1, 0.15) is 29.0 Å². The molecule has 0 bridgehead atoms. The summed E-state index contributed by atoms with van der Waals surface area (Å²) in [4.78, 5) is 0. The molecule has 1 aliphatic heterocycles. The average molecular weight is 182 g/mol. The lowest BCUT2D eigenvalue weighted by atomic mass is 10.1. The summed E-state index contributed by atoms with van der Waals surface area (Å²) in [7, 11) is 0. The molecule has 2 rings (SSSR count).